The topological polar surface area (TPSA) is 59.2 Å². The van der Waals surface area contributed by atoms with Gasteiger partial charge in [0.2, 0.25) is 0 Å². The summed E-state index contributed by atoms with van der Waals surface area (Å²) in [6.45, 7) is 0. The van der Waals surface area contributed by atoms with Crippen LogP contribution in [0.3, 0.4) is 0 Å². The van der Waals surface area contributed by atoms with Crippen LogP contribution in [0.25, 0.3) is 11.5 Å². The van der Waals surface area contributed by atoms with E-state index in [9.17, 15) is 5.11 Å². The third kappa shape index (κ3) is 2.79. The normalized spacial score (nSPS) is 19.5. The Morgan fingerprint density at radius 1 is 1.37 bits per heavy atom. The molecule has 1 saturated heterocycles. The summed E-state index contributed by atoms with van der Waals surface area (Å²) in [6, 6.07) is 5.23. The lowest BCUT2D eigenvalue weighted by Crippen LogP contribution is -2.03. The summed E-state index contributed by atoms with van der Waals surface area (Å²) in [7, 11) is 0. The van der Waals surface area contributed by atoms with Gasteiger partial charge in [0.1, 0.15) is 5.75 Å². The Kier molecular flexibility index (Phi) is 3.79. The molecule has 0 amide bonds. The number of hydrogen-bond acceptors (Lipinski definition) is 5. The molecule has 1 aromatic carbocycles. The highest BCUT2D eigenvalue weighted by Crippen LogP contribution is 2.37. The van der Waals surface area contributed by atoms with Crippen LogP contribution in [0.1, 0.15) is 30.3 Å². The van der Waals surface area contributed by atoms with Gasteiger partial charge in [-0.05, 0) is 52.7 Å². The smallest absolute Gasteiger partial charge is 0.258 e. The van der Waals surface area contributed by atoms with E-state index in [1.807, 2.05) is 17.8 Å². The van der Waals surface area contributed by atoms with E-state index >= 15 is 0 Å². The summed E-state index contributed by atoms with van der Waals surface area (Å²) in [5.41, 5.74) is 0.736. The highest BCUT2D eigenvalue weighted by atomic mass is 79.9. The van der Waals surface area contributed by atoms with E-state index in [4.69, 9.17) is 4.52 Å². The van der Waals surface area contributed by atoms with Crippen molar-refractivity contribution >= 4 is 27.7 Å². The van der Waals surface area contributed by atoms with Crippen LogP contribution in [0.4, 0.5) is 0 Å². The zero-order chi connectivity index (χ0) is 13.2. The molecule has 0 saturated carbocycles. The summed E-state index contributed by atoms with van der Waals surface area (Å²) in [6.07, 6.45) is 3.60. The molecule has 100 valence electrons. The molecule has 1 aromatic heterocycles. The van der Waals surface area contributed by atoms with E-state index in [1.165, 1.54) is 12.8 Å². The fourth-order valence-electron chi connectivity index (χ4n) is 2.07. The first-order valence-corrected chi connectivity index (χ1v) is 8.02. The number of thioether (sulfide) groups is 1. The van der Waals surface area contributed by atoms with Gasteiger partial charge in [-0.15, -0.1) is 0 Å². The maximum Gasteiger partial charge on any atom is 0.258 e. The number of rotatable bonds is 2. The molecule has 1 aliphatic rings. The average molecular weight is 341 g/mol. The SMILES string of the molecule is Oc1cc(-c2nc(C3CCCCS3)no2)ccc1Br. The van der Waals surface area contributed by atoms with Crippen molar-refractivity contribution in [3.05, 3.63) is 28.5 Å². The molecule has 1 unspecified atom stereocenters. The molecule has 0 radical (unpaired) electrons. The number of nitrogens with zero attached hydrogens (tertiary/aromatic N) is 2. The van der Waals surface area contributed by atoms with Gasteiger partial charge < -0.3 is 9.63 Å². The monoisotopic (exact) mass is 340 g/mol. The standard InChI is InChI=1S/C13H13BrN2O2S/c14-9-5-4-8(7-10(9)17)13-15-12(16-18-13)11-3-1-2-6-19-11/h4-5,7,11,17H,1-3,6H2. The molecule has 1 atom stereocenters. The van der Waals surface area contributed by atoms with Gasteiger partial charge in [-0.3, -0.25) is 0 Å². The van der Waals surface area contributed by atoms with E-state index < -0.39 is 0 Å². The number of phenolic OH excluding ortho intramolecular Hbond substituents is 1. The quantitative estimate of drug-likeness (QED) is 0.889. The second-order valence-electron chi connectivity index (χ2n) is 4.48. The molecule has 6 heteroatoms. The highest BCUT2D eigenvalue weighted by Gasteiger charge is 2.22. The highest BCUT2D eigenvalue weighted by molar-refractivity contribution is 9.10. The van der Waals surface area contributed by atoms with E-state index in [-0.39, 0.29) is 5.75 Å². The summed E-state index contributed by atoms with van der Waals surface area (Å²) >= 11 is 5.14. The van der Waals surface area contributed by atoms with Gasteiger partial charge in [0.15, 0.2) is 5.82 Å². The van der Waals surface area contributed by atoms with Gasteiger partial charge in [0.25, 0.3) is 5.89 Å². The second kappa shape index (κ2) is 5.54. The molecule has 3 rings (SSSR count). The van der Waals surface area contributed by atoms with Crippen molar-refractivity contribution in [3.63, 3.8) is 0 Å². The van der Waals surface area contributed by atoms with Crippen LogP contribution in [0.5, 0.6) is 5.75 Å². The van der Waals surface area contributed by atoms with Crippen molar-refractivity contribution < 1.29 is 9.63 Å². The van der Waals surface area contributed by atoms with Crippen LogP contribution in [-0.4, -0.2) is 21.0 Å². The summed E-state index contributed by atoms with van der Waals surface area (Å²) < 4.78 is 5.95. The first kappa shape index (κ1) is 13.0. The number of hydrogen-bond donors (Lipinski definition) is 1. The predicted octanol–water partition coefficient (Wildman–Crippen LogP) is 4.16. The Bertz CT molecular complexity index is 582. The van der Waals surface area contributed by atoms with Crippen LogP contribution in [0, 0.1) is 0 Å². The number of aromatic hydroxyl groups is 1. The van der Waals surface area contributed by atoms with Crippen LogP contribution in [-0.2, 0) is 0 Å². The molecule has 19 heavy (non-hydrogen) atoms. The van der Waals surface area contributed by atoms with Crippen molar-refractivity contribution in [1.82, 2.24) is 10.1 Å². The van der Waals surface area contributed by atoms with E-state index in [0.717, 1.165) is 23.6 Å². The lowest BCUT2D eigenvalue weighted by Gasteiger charge is -2.17. The molecule has 1 N–H and O–H groups in total. The van der Waals surface area contributed by atoms with Crippen molar-refractivity contribution in [2.75, 3.05) is 5.75 Å². The summed E-state index contributed by atoms with van der Waals surface area (Å²) in [4.78, 5) is 4.45. The number of halogens is 1. The Labute approximate surface area is 123 Å². The first-order chi connectivity index (χ1) is 9.24. The second-order valence-corrected chi connectivity index (χ2v) is 6.64. The Balaban J connectivity index is 1.85. The van der Waals surface area contributed by atoms with Crippen molar-refractivity contribution in [1.29, 1.82) is 0 Å². The Morgan fingerprint density at radius 3 is 3.00 bits per heavy atom. The lowest BCUT2D eigenvalue weighted by molar-refractivity contribution is 0.419. The first-order valence-electron chi connectivity index (χ1n) is 6.18. The van der Waals surface area contributed by atoms with Crippen LogP contribution < -0.4 is 0 Å². The van der Waals surface area contributed by atoms with Gasteiger partial charge in [0.05, 0.1) is 9.72 Å². The molecule has 1 fully saturated rings. The molecule has 0 spiro atoms. The lowest BCUT2D eigenvalue weighted by atomic mass is 10.2. The van der Waals surface area contributed by atoms with Crippen molar-refractivity contribution in [2.45, 2.75) is 24.5 Å². The Morgan fingerprint density at radius 2 is 2.26 bits per heavy atom. The predicted molar refractivity (Wildman–Crippen MR) is 78.1 cm³/mol. The molecule has 4 nitrogen and oxygen atoms in total. The molecular weight excluding hydrogens is 328 g/mol. The fraction of sp³-hybridized carbons (Fsp3) is 0.385. The van der Waals surface area contributed by atoms with Crippen molar-refractivity contribution in [3.8, 4) is 17.2 Å². The largest absolute Gasteiger partial charge is 0.507 e. The van der Waals surface area contributed by atoms with E-state index in [0.29, 0.717) is 15.6 Å². The molecule has 2 heterocycles. The third-order valence-electron chi connectivity index (χ3n) is 3.10. The average Bonchev–Trinajstić information content (AvgIpc) is 2.93. The minimum Gasteiger partial charge on any atom is -0.507 e. The van der Waals surface area contributed by atoms with Gasteiger partial charge in [-0.2, -0.15) is 16.7 Å². The molecule has 0 bridgehead atoms. The number of benzene rings is 1. The molecule has 0 aliphatic carbocycles. The van der Waals surface area contributed by atoms with E-state index in [2.05, 4.69) is 26.1 Å². The molecular formula is C13H13BrN2O2S. The maximum absolute atomic E-state index is 9.68. The third-order valence-corrected chi connectivity index (χ3v) is 5.15. The minimum absolute atomic E-state index is 0.171. The van der Waals surface area contributed by atoms with Crippen LogP contribution in [0.15, 0.2) is 27.2 Å². The summed E-state index contributed by atoms with van der Waals surface area (Å²) in [5.74, 6) is 2.56. The van der Waals surface area contributed by atoms with Gasteiger partial charge in [-0.25, -0.2) is 0 Å². The number of aromatic nitrogens is 2. The van der Waals surface area contributed by atoms with Gasteiger partial charge in [0, 0.05) is 5.56 Å². The van der Waals surface area contributed by atoms with E-state index in [1.54, 1.807) is 12.1 Å². The Hall–Kier alpha value is -1.01. The summed E-state index contributed by atoms with van der Waals surface area (Å²) in [5, 5.41) is 14.1. The van der Waals surface area contributed by atoms with Crippen molar-refractivity contribution in [2.24, 2.45) is 0 Å². The van der Waals surface area contributed by atoms with Gasteiger partial charge >= 0.3 is 0 Å². The minimum atomic E-state index is 0.171. The number of phenols is 1. The fourth-order valence-corrected chi connectivity index (χ4v) is 3.55. The van der Waals surface area contributed by atoms with Crippen LogP contribution >= 0.6 is 27.7 Å². The zero-order valence-corrected chi connectivity index (χ0v) is 12.6. The molecule has 2 aromatic rings. The van der Waals surface area contributed by atoms with Gasteiger partial charge in [-0.1, -0.05) is 11.6 Å². The molecule has 1 aliphatic heterocycles. The zero-order valence-electron chi connectivity index (χ0n) is 10.2. The van der Waals surface area contributed by atoms with Crippen LogP contribution in [0.2, 0.25) is 0 Å². The maximum atomic E-state index is 9.68.